The molecule has 3 aromatic rings. The molecule has 2 heterocycles. The van der Waals surface area contributed by atoms with E-state index < -0.39 is 28.7 Å². The van der Waals surface area contributed by atoms with Crippen LogP contribution in [0.15, 0.2) is 65.7 Å². The zero-order valence-electron chi connectivity index (χ0n) is 16.9. The number of halogens is 3. The van der Waals surface area contributed by atoms with Crippen molar-refractivity contribution < 1.29 is 28.2 Å². The Morgan fingerprint density at radius 3 is 2.38 bits per heavy atom. The second kappa shape index (κ2) is 8.63. The molecule has 1 atom stereocenters. The van der Waals surface area contributed by atoms with E-state index in [2.05, 4.69) is 4.98 Å². The van der Waals surface area contributed by atoms with Gasteiger partial charge in [0, 0.05) is 18.5 Å². The maximum Gasteiger partial charge on any atom is 0.416 e. The minimum absolute atomic E-state index is 0.0245. The van der Waals surface area contributed by atoms with Gasteiger partial charge in [0.05, 0.1) is 27.0 Å². The Labute approximate surface area is 186 Å². The molecule has 32 heavy (non-hydrogen) atoms. The average Bonchev–Trinajstić information content (AvgIpc) is 2.77. The van der Waals surface area contributed by atoms with E-state index in [0.717, 1.165) is 23.2 Å². The molecule has 1 fully saturated rings. The van der Waals surface area contributed by atoms with Gasteiger partial charge in [-0.3, -0.25) is 0 Å². The fraction of sp³-hybridized carbons (Fsp3) is 0.304. The van der Waals surface area contributed by atoms with E-state index in [1.807, 2.05) is 30.3 Å². The third-order valence-corrected chi connectivity index (χ3v) is 7.15. The normalized spacial score (nSPS) is 17.3. The van der Waals surface area contributed by atoms with Gasteiger partial charge in [-0.25, -0.2) is 9.78 Å². The summed E-state index contributed by atoms with van der Waals surface area (Å²) in [5.74, 6) is 0. The van der Waals surface area contributed by atoms with Gasteiger partial charge in [-0.15, -0.1) is 0 Å². The van der Waals surface area contributed by atoms with Gasteiger partial charge in [-0.1, -0.05) is 54.2 Å². The summed E-state index contributed by atoms with van der Waals surface area (Å²) in [5.41, 5.74) is -1.68. The smallest absolute Gasteiger partial charge is 0.416 e. The van der Waals surface area contributed by atoms with Gasteiger partial charge in [-0.2, -0.15) is 13.2 Å². The van der Waals surface area contributed by atoms with Crippen molar-refractivity contribution in [3.8, 4) is 0 Å². The highest BCUT2D eigenvalue weighted by Gasteiger charge is 2.46. The standard InChI is InChI=1S/C23H21F3N2O3S/c24-23(25,26)17-7-3-2-6-16(17)20(22(31)11-13-28(14-12-22)21(29)30)32-19-10-9-15-5-1-4-8-18(15)27-19/h1-10,20,31H,11-14H2,(H,29,30)/t20-/m1/s1. The molecule has 168 valence electrons. The minimum atomic E-state index is -4.59. The first kappa shape index (κ1) is 22.4. The number of hydrogen-bond donors (Lipinski definition) is 2. The number of aromatic nitrogens is 1. The molecule has 9 heteroatoms. The highest BCUT2D eigenvalue weighted by atomic mass is 32.2. The van der Waals surface area contributed by atoms with Crippen molar-refractivity contribution in [2.75, 3.05) is 13.1 Å². The Hall–Kier alpha value is -2.78. The van der Waals surface area contributed by atoms with Gasteiger partial charge in [0.15, 0.2) is 0 Å². The van der Waals surface area contributed by atoms with E-state index in [1.165, 1.54) is 23.1 Å². The lowest BCUT2D eigenvalue weighted by atomic mass is 9.83. The number of aliphatic hydroxyl groups is 1. The van der Waals surface area contributed by atoms with Gasteiger partial charge in [0.2, 0.25) is 0 Å². The largest absolute Gasteiger partial charge is 0.465 e. The molecule has 0 spiro atoms. The van der Waals surface area contributed by atoms with Crippen LogP contribution in [-0.4, -0.2) is 44.9 Å². The Morgan fingerprint density at radius 1 is 1.03 bits per heavy atom. The Kier molecular flexibility index (Phi) is 6.05. The zero-order chi connectivity index (χ0) is 22.9. The molecule has 2 N–H and O–H groups in total. The molecule has 0 saturated carbocycles. The van der Waals surface area contributed by atoms with Crippen LogP contribution in [0.5, 0.6) is 0 Å². The molecule has 2 aromatic carbocycles. The molecular formula is C23H21F3N2O3S. The fourth-order valence-corrected chi connectivity index (χ4v) is 5.35. The summed E-state index contributed by atoms with van der Waals surface area (Å²) in [4.78, 5) is 17.0. The maximum atomic E-state index is 13.8. The summed E-state index contributed by atoms with van der Waals surface area (Å²) in [6.07, 6.45) is -5.65. The number of carbonyl (C=O) groups is 1. The highest BCUT2D eigenvalue weighted by Crippen LogP contribution is 2.50. The molecule has 0 unspecified atom stereocenters. The number of thioether (sulfide) groups is 1. The van der Waals surface area contributed by atoms with Crippen LogP contribution in [0.4, 0.5) is 18.0 Å². The number of hydrogen-bond acceptors (Lipinski definition) is 4. The van der Waals surface area contributed by atoms with E-state index in [9.17, 15) is 28.2 Å². The Morgan fingerprint density at radius 2 is 1.69 bits per heavy atom. The molecule has 0 radical (unpaired) electrons. The van der Waals surface area contributed by atoms with E-state index in [1.54, 1.807) is 6.07 Å². The maximum absolute atomic E-state index is 13.8. The van der Waals surface area contributed by atoms with Crippen molar-refractivity contribution in [1.29, 1.82) is 0 Å². The van der Waals surface area contributed by atoms with Gasteiger partial charge < -0.3 is 15.1 Å². The lowest BCUT2D eigenvalue weighted by molar-refractivity contribution is -0.138. The van der Waals surface area contributed by atoms with E-state index in [4.69, 9.17) is 0 Å². The van der Waals surface area contributed by atoms with Crippen LogP contribution in [0.3, 0.4) is 0 Å². The van der Waals surface area contributed by atoms with E-state index in [0.29, 0.717) is 10.5 Å². The molecule has 1 aliphatic rings. The number of rotatable bonds is 4. The first-order valence-corrected chi connectivity index (χ1v) is 10.9. The van der Waals surface area contributed by atoms with Crippen molar-refractivity contribution in [2.24, 2.45) is 0 Å². The molecule has 1 aromatic heterocycles. The predicted molar refractivity (Wildman–Crippen MR) is 116 cm³/mol. The van der Waals surface area contributed by atoms with Gasteiger partial charge in [0.25, 0.3) is 0 Å². The summed E-state index contributed by atoms with van der Waals surface area (Å²) >= 11 is 1.07. The number of benzene rings is 2. The van der Waals surface area contributed by atoms with Gasteiger partial charge in [-0.05, 0) is 36.6 Å². The molecular weight excluding hydrogens is 441 g/mol. The number of likely N-dealkylation sites (tertiary alicyclic amines) is 1. The third-order valence-electron chi connectivity index (χ3n) is 5.75. The summed E-state index contributed by atoms with van der Waals surface area (Å²) in [6, 6.07) is 16.2. The van der Waals surface area contributed by atoms with E-state index >= 15 is 0 Å². The number of piperidine rings is 1. The summed E-state index contributed by atoms with van der Waals surface area (Å²) in [6.45, 7) is 0.0878. The summed E-state index contributed by atoms with van der Waals surface area (Å²) in [5, 5.41) is 21.1. The number of para-hydroxylation sites is 1. The number of carboxylic acid groups (broad SMARTS) is 1. The van der Waals surface area contributed by atoms with E-state index in [-0.39, 0.29) is 31.5 Å². The molecule has 1 amide bonds. The van der Waals surface area contributed by atoms with Crippen molar-refractivity contribution in [2.45, 2.75) is 34.9 Å². The lowest BCUT2D eigenvalue weighted by Crippen LogP contribution is -2.49. The Balaban J connectivity index is 1.76. The van der Waals surface area contributed by atoms with Crippen LogP contribution in [0.1, 0.15) is 29.2 Å². The molecule has 0 bridgehead atoms. The SMILES string of the molecule is O=C(O)N1CCC(O)([C@H](Sc2ccc3ccccc3n2)c2ccccc2C(F)(F)F)CC1. The van der Waals surface area contributed by atoms with Crippen molar-refractivity contribution >= 4 is 28.8 Å². The van der Waals surface area contributed by atoms with Crippen LogP contribution in [-0.2, 0) is 6.18 Å². The molecule has 1 aliphatic heterocycles. The summed E-state index contributed by atoms with van der Waals surface area (Å²) in [7, 11) is 0. The van der Waals surface area contributed by atoms with Crippen molar-refractivity contribution in [1.82, 2.24) is 9.88 Å². The minimum Gasteiger partial charge on any atom is -0.465 e. The van der Waals surface area contributed by atoms with Gasteiger partial charge in [0.1, 0.15) is 0 Å². The monoisotopic (exact) mass is 462 g/mol. The fourth-order valence-electron chi connectivity index (χ4n) is 4.03. The first-order chi connectivity index (χ1) is 15.2. The first-order valence-electron chi connectivity index (χ1n) is 10.1. The van der Waals surface area contributed by atoms with Gasteiger partial charge >= 0.3 is 12.3 Å². The molecule has 0 aliphatic carbocycles. The molecule has 4 rings (SSSR count). The highest BCUT2D eigenvalue weighted by molar-refractivity contribution is 7.99. The van der Waals surface area contributed by atoms with Crippen LogP contribution in [0.25, 0.3) is 10.9 Å². The topological polar surface area (TPSA) is 73.7 Å². The van der Waals surface area contributed by atoms with Crippen LogP contribution in [0, 0.1) is 0 Å². The third kappa shape index (κ3) is 4.54. The summed E-state index contributed by atoms with van der Waals surface area (Å²) < 4.78 is 41.5. The zero-order valence-corrected chi connectivity index (χ0v) is 17.7. The quantitative estimate of drug-likeness (QED) is 0.495. The average molecular weight is 462 g/mol. The number of fused-ring (bicyclic) bond motifs is 1. The predicted octanol–water partition coefficient (Wildman–Crippen LogP) is 5.59. The van der Waals surface area contributed by atoms with Crippen molar-refractivity contribution in [3.05, 3.63) is 71.8 Å². The number of pyridine rings is 1. The van der Waals surface area contributed by atoms with Crippen LogP contribution >= 0.6 is 11.8 Å². The molecule has 5 nitrogen and oxygen atoms in total. The molecule has 1 saturated heterocycles. The Bertz CT molecular complexity index is 1130. The second-order valence-electron chi connectivity index (χ2n) is 7.80. The second-order valence-corrected chi connectivity index (χ2v) is 8.92. The van der Waals surface area contributed by atoms with Crippen LogP contribution < -0.4 is 0 Å². The van der Waals surface area contributed by atoms with Crippen LogP contribution in [0.2, 0.25) is 0 Å². The lowest BCUT2D eigenvalue weighted by Gasteiger charge is -2.42. The number of alkyl halides is 3. The number of nitrogens with zero attached hydrogens (tertiary/aromatic N) is 2. The van der Waals surface area contributed by atoms with Crippen molar-refractivity contribution in [3.63, 3.8) is 0 Å². The number of amides is 1.